The van der Waals surface area contributed by atoms with Gasteiger partial charge in [0.15, 0.2) is 0 Å². The van der Waals surface area contributed by atoms with Crippen molar-refractivity contribution in [3.63, 3.8) is 0 Å². The molecule has 0 bridgehead atoms. The minimum absolute atomic E-state index is 0.112. The number of carbonyl (C=O) groups excluding carboxylic acids is 1. The minimum atomic E-state index is -0.519. The van der Waals surface area contributed by atoms with Crippen molar-refractivity contribution in [3.05, 3.63) is 76.9 Å². The number of carbonyl (C=O) groups is 1. The van der Waals surface area contributed by atoms with Crippen LogP contribution in [0.3, 0.4) is 0 Å². The van der Waals surface area contributed by atoms with Crippen LogP contribution in [-0.2, 0) is 11.3 Å². The van der Waals surface area contributed by atoms with Crippen molar-refractivity contribution in [1.82, 2.24) is 4.90 Å². The van der Waals surface area contributed by atoms with Crippen LogP contribution < -0.4 is 10.1 Å². The molecule has 0 fully saturated rings. The van der Waals surface area contributed by atoms with Gasteiger partial charge in [0.1, 0.15) is 18.0 Å². The van der Waals surface area contributed by atoms with E-state index in [1.807, 2.05) is 29.2 Å². The second-order valence-electron chi connectivity index (χ2n) is 5.74. The molecule has 0 spiro atoms. The first-order valence-corrected chi connectivity index (χ1v) is 8.04. The summed E-state index contributed by atoms with van der Waals surface area (Å²) in [6.45, 7) is 4.72. The maximum Gasteiger partial charge on any atom is 0.292 e. The molecule has 0 unspecified atom stereocenters. The molecular weight excluding hydrogens is 334 g/mol. The van der Waals surface area contributed by atoms with Crippen molar-refractivity contribution >= 4 is 17.3 Å². The largest absolute Gasteiger partial charge is 0.490 e. The topological polar surface area (TPSA) is 84.7 Å². The molecule has 0 saturated carbocycles. The SMILES string of the molecule is C=CCOc1ccc(CN(C)CC(=O)Nc2ccccc2[N+](=O)[O-])cc1. The second-order valence-corrected chi connectivity index (χ2v) is 5.74. The summed E-state index contributed by atoms with van der Waals surface area (Å²) in [5, 5.41) is 13.6. The number of rotatable bonds is 9. The molecule has 136 valence electrons. The van der Waals surface area contributed by atoms with Gasteiger partial charge in [-0.3, -0.25) is 19.8 Å². The summed E-state index contributed by atoms with van der Waals surface area (Å²) < 4.78 is 5.43. The number of anilines is 1. The van der Waals surface area contributed by atoms with Gasteiger partial charge in [-0.15, -0.1) is 0 Å². The lowest BCUT2D eigenvalue weighted by atomic mass is 10.2. The van der Waals surface area contributed by atoms with Crippen molar-refractivity contribution < 1.29 is 14.5 Å². The third kappa shape index (κ3) is 5.71. The number of amides is 1. The molecule has 0 saturated heterocycles. The second kappa shape index (κ2) is 9.33. The van der Waals surface area contributed by atoms with E-state index in [2.05, 4.69) is 11.9 Å². The summed E-state index contributed by atoms with van der Waals surface area (Å²) in [4.78, 5) is 24.4. The lowest BCUT2D eigenvalue weighted by Gasteiger charge is -2.16. The molecule has 0 heterocycles. The van der Waals surface area contributed by atoms with Crippen LogP contribution >= 0.6 is 0 Å². The number of likely N-dealkylation sites (N-methyl/N-ethyl adjacent to an activating group) is 1. The highest BCUT2D eigenvalue weighted by Crippen LogP contribution is 2.23. The highest BCUT2D eigenvalue weighted by atomic mass is 16.6. The van der Waals surface area contributed by atoms with Crippen molar-refractivity contribution in [2.45, 2.75) is 6.54 Å². The van der Waals surface area contributed by atoms with Crippen molar-refractivity contribution in [3.8, 4) is 5.75 Å². The number of para-hydroxylation sites is 2. The van der Waals surface area contributed by atoms with E-state index in [0.717, 1.165) is 11.3 Å². The maximum absolute atomic E-state index is 12.2. The molecule has 2 aromatic carbocycles. The molecule has 0 atom stereocenters. The Hall–Kier alpha value is -3.19. The van der Waals surface area contributed by atoms with Gasteiger partial charge in [-0.05, 0) is 30.8 Å². The minimum Gasteiger partial charge on any atom is -0.490 e. The smallest absolute Gasteiger partial charge is 0.292 e. The predicted molar refractivity (Wildman–Crippen MR) is 100 cm³/mol. The van der Waals surface area contributed by atoms with Crippen LogP contribution in [0, 0.1) is 10.1 Å². The van der Waals surface area contributed by atoms with Gasteiger partial charge in [-0.25, -0.2) is 0 Å². The normalized spacial score (nSPS) is 10.4. The van der Waals surface area contributed by atoms with E-state index < -0.39 is 4.92 Å². The molecule has 0 aromatic heterocycles. The molecule has 0 aliphatic carbocycles. The van der Waals surface area contributed by atoms with Gasteiger partial charge < -0.3 is 10.1 Å². The van der Waals surface area contributed by atoms with Gasteiger partial charge in [0.25, 0.3) is 5.69 Å². The Morgan fingerprint density at radius 3 is 2.62 bits per heavy atom. The molecule has 2 aromatic rings. The summed E-state index contributed by atoms with van der Waals surface area (Å²) in [6.07, 6.45) is 1.68. The summed E-state index contributed by atoms with van der Waals surface area (Å²) >= 11 is 0. The zero-order valence-electron chi connectivity index (χ0n) is 14.6. The summed E-state index contributed by atoms with van der Waals surface area (Å²) in [5.74, 6) is 0.443. The monoisotopic (exact) mass is 355 g/mol. The number of hydrogen-bond acceptors (Lipinski definition) is 5. The highest BCUT2D eigenvalue weighted by molar-refractivity contribution is 5.94. The fourth-order valence-corrected chi connectivity index (χ4v) is 2.39. The van der Waals surface area contributed by atoms with Crippen LogP contribution in [0.4, 0.5) is 11.4 Å². The van der Waals surface area contributed by atoms with Crippen LogP contribution in [-0.4, -0.2) is 35.9 Å². The number of nitrogens with zero attached hydrogens (tertiary/aromatic N) is 2. The molecule has 0 radical (unpaired) electrons. The Bertz CT molecular complexity index is 775. The van der Waals surface area contributed by atoms with Crippen molar-refractivity contribution in [2.24, 2.45) is 0 Å². The fraction of sp³-hybridized carbons (Fsp3) is 0.211. The first-order valence-electron chi connectivity index (χ1n) is 8.04. The van der Waals surface area contributed by atoms with E-state index in [1.54, 1.807) is 25.3 Å². The van der Waals surface area contributed by atoms with Crippen LogP contribution in [0.5, 0.6) is 5.75 Å². The molecule has 7 nitrogen and oxygen atoms in total. The Kier molecular flexibility index (Phi) is 6.87. The fourth-order valence-electron chi connectivity index (χ4n) is 2.39. The molecule has 2 rings (SSSR count). The molecule has 1 N–H and O–H groups in total. The molecule has 26 heavy (non-hydrogen) atoms. The molecular formula is C19H21N3O4. The zero-order chi connectivity index (χ0) is 18.9. The molecule has 0 aliphatic heterocycles. The standard InChI is InChI=1S/C19H21N3O4/c1-3-12-26-16-10-8-15(9-11-16)13-21(2)14-19(23)20-17-6-4-5-7-18(17)22(24)25/h3-11H,1,12-14H2,2H3,(H,20,23). The zero-order valence-corrected chi connectivity index (χ0v) is 14.6. The summed E-state index contributed by atoms with van der Waals surface area (Å²) in [6, 6.07) is 13.6. The Balaban J connectivity index is 1.89. The van der Waals surface area contributed by atoms with Crippen LogP contribution in [0.2, 0.25) is 0 Å². The van der Waals surface area contributed by atoms with E-state index >= 15 is 0 Å². The van der Waals surface area contributed by atoms with E-state index in [4.69, 9.17) is 4.74 Å². The lowest BCUT2D eigenvalue weighted by molar-refractivity contribution is -0.383. The number of ether oxygens (including phenoxy) is 1. The van der Waals surface area contributed by atoms with Crippen molar-refractivity contribution in [2.75, 3.05) is 25.5 Å². The number of hydrogen-bond donors (Lipinski definition) is 1. The van der Waals surface area contributed by atoms with Gasteiger partial charge in [0.2, 0.25) is 5.91 Å². The third-order valence-corrected chi connectivity index (χ3v) is 3.53. The first kappa shape index (κ1) is 19.1. The molecule has 1 amide bonds. The Morgan fingerprint density at radius 1 is 1.27 bits per heavy atom. The predicted octanol–water partition coefficient (Wildman–Crippen LogP) is 3.23. The lowest BCUT2D eigenvalue weighted by Crippen LogP contribution is -2.30. The Morgan fingerprint density at radius 2 is 1.96 bits per heavy atom. The number of nitrogens with one attached hydrogen (secondary N) is 1. The maximum atomic E-state index is 12.2. The van der Waals surface area contributed by atoms with Gasteiger partial charge >= 0.3 is 0 Å². The average Bonchev–Trinajstić information content (AvgIpc) is 2.61. The van der Waals surface area contributed by atoms with E-state index in [-0.39, 0.29) is 23.8 Å². The molecule has 0 aliphatic rings. The quantitative estimate of drug-likeness (QED) is 0.424. The van der Waals surface area contributed by atoms with E-state index in [9.17, 15) is 14.9 Å². The van der Waals surface area contributed by atoms with Gasteiger partial charge in [0, 0.05) is 12.6 Å². The number of benzene rings is 2. The van der Waals surface area contributed by atoms with Gasteiger partial charge in [-0.2, -0.15) is 0 Å². The third-order valence-electron chi connectivity index (χ3n) is 3.53. The van der Waals surface area contributed by atoms with Gasteiger partial charge in [0.05, 0.1) is 11.5 Å². The highest BCUT2D eigenvalue weighted by Gasteiger charge is 2.15. The number of nitro groups is 1. The molecule has 7 heteroatoms. The van der Waals surface area contributed by atoms with E-state index in [0.29, 0.717) is 13.2 Å². The Labute approximate surface area is 152 Å². The van der Waals surface area contributed by atoms with Crippen molar-refractivity contribution in [1.29, 1.82) is 0 Å². The van der Waals surface area contributed by atoms with Crippen LogP contribution in [0.1, 0.15) is 5.56 Å². The first-order chi connectivity index (χ1) is 12.5. The average molecular weight is 355 g/mol. The van der Waals surface area contributed by atoms with Gasteiger partial charge in [-0.1, -0.05) is 36.9 Å². The number of nitro benzene ring substituents is 1. The summed E-state index contributed by atoms with van der Waals surface area (Å²) in [7, 11) is 1.81. The van der Waals surface area contributed by atoms with Crippen LogP contribution in [0.15, 0.2) is 61.2 Å². The summed E-state index contributed by atoms with van der Waals surface area (Å²) in [5.41, 5.74) is 1.09. The van der Waals surface area contributed by atoms with Crippen LogP contribution in [0.25, 0.3) is 0 Å². The van der Waals surface area contributed by atoms with E-state index in [1.165, 1.54) is 12.1 Å².